The fraction of sp³-hybridized carbons (Fsp3) is 0.0244. The molecule has 0 atom stereocenters. The Kier molecular flexibility index (Phi) is 4.72. The van der Waals surface area contributed by atoms with Gasteiger partial charge in [0.2, 0.25) is 0 Å². The quantitative estimate of drug-likeness (QED) is 0.197. The van der Waals surface area contributed by atoms with Crippen molar-refractivity contribution in [1.82, 2.24) is 4.57 Å². The van der Waals surface area contributed by atoms with Gasteiger partial charge in [-0.15, -0.1) is 11.3 Å². The molecule has 7 aromatic carbocycles. The Morgan fingerprint density at radius 3 is 2.14 bits per heavy atom. The van der Waals surface area contributed by atoms with Crippen molar-refractivity contribution in [2.75, 3.05) is 0 Å². The molecule has 0 bridgehead atoms. The van der Waals surface area contributed by atoms with Crippen LogP contribution in [0.1, 0.15) is 11.1 Å². The second-order valence-electron chi connectivity index (χ2n) is 11.7. The van der Waals surface area contributed by atoms with Crippen molar-refractivity contribution < 1.29 is 0 Å². The van der Waals surface area contributed by atoms with E-state index in [1.54, 1.807) is 0 Å². The van der Waals surface area contributed by atoms with Crippen LogP contribution in [-0.2, 0) is 6.42 Å². The van der Waals surface area contributed by atoms with Crippen LogP contribution in [0.4, 0.5) is 0 Å². The van der Waals surface area contributed by atoms with Gasteiger partial charge >= 0.3 is 0 Å². The highest BCUT2D eigenvalue weighted by Gasteiger charge is 2.23. The second kappa shape index (κ2) is 8.67. The van der Waals surface area contributed by atoms with Gasteiger partial charge in [-0.2, -0.15) is 0 Å². The molecule has 9 aromatic rings. The van der Waals surface area contributed by atoms with Crippen molar-refractivity contribution in [2.45, 2.75) is 6.42 Å². The number of benzene rings is 7. The molecule has 2 heterocycles. The van der Waals surface area contributed by atoms with Crippen molar-refractivity contribution in [3.8, 4) is 27.9 Å². The number of hydrogen-bond acceptors (Lipinski definition) is 1. The van der Waals surface area contributed by atoms with E-state index in [-0.39, 0.29) is 0 Å². The summed E-state index contributed by atoms with van der Waals surface area (Å²) in [6.07, 6.45) is 1.03. The molecule has 0 spiro atoms. The van der Waals surface area contributed by atoms with Crippen LogP contribution in [0.3, 0.4) is 0 Å². The highest BCUT2D eigenvalue weighted by molar-refractivity contribution is 7.26. The lowest BCUT2D eigenvalue weighted by molar-refractivity contribution is 1.20. The molecule has 0 aliphatic heterocycles. The number of para-hydroxylation sites is 1. The molecular weight excluding hydrogens is 539 g/mol. The highest BCUT2D eigenvalue weighted by Crippen LogP contribution is 2.48. The van der Waals surface area contributed by atoms with Crippen molar-refractivity contribution in [2.24, 2.45) is 0 Å². The number of hydrogen-bond donors (Lipinski definition) is 0. The van der Waals surface area contributed by atoms with Gasteiger partial charge in [0.05, 0.1) is 16.7 Å². The topological polar surface area (TPSA) is 4.93 Å². The fourth-order valence-corrected chi connectivity index (χ4v) is 8.82. The number of rotatable bonds is 2. The third-order valence-corrected chi connectivity index (χ3v) is 10.6. The molecule has 1 aliphatic rings. The predicted octanol–water partition coefficient (Wildman–Crippen LogP) is 11.5. The van der Waals surface area contributed by atoms with E-state index in [2.05, 4.69) is 144 Å². The fourth-order valence-electron chi connectivity index (χ4n) is 7.52. The van der Waals surface area contributed by atoms with E-state index in [4.69, 9.17) is 0 Å². The maximum absolute atomic E-state index is 2.49. The molecule has 2 heteroatoms. The molecule has 0 saturated heterocycles. The van der Waals surface area contributed by atoms with Gasteiger partial charge in [-0.3, -0.25) is 0 Å². The Balaban J connectivity index is 1.29. The average Bonchev–Trinajstić information content (AvgIpc) is 3.72. The summed E-state index contributed by atoms with van der Waals surface area (Å²) in [5, 5.41) is 7.85. The summed E-state index contributed by atoms with van der Waals surface area (Å²) < 4.78 is 5.25. The van der Waals surface area contributed by atoms with Gasteiger partial charge in [0.25, 0.3) is 0 Å². The van der Waals surface area contributed by atoms with Crippen molar-refractivity contribution in [3.63, 3.8) is 0 Å². The minimum atomic E-state index is 1.03. The van der Waals surface area contributed by atoms with E-state index in [1.165, 1.54) is 91.8 Å². The Morgan fingerprint density at radius 1 is 0.465 bits per heavy atom. The number of aromatic nitrogens is 1. The van der Waals surface area contributed by atoms with Gasteiger partial charge in [-0.05, 0) is 63.9 Å². The monoisotopic (exact) mass is 563 g/mol. The van der Waals surface area contributed by atoms with Gasteiger partial charge in [-0.1, -0.05) is 115 Å². The van der Waals surface area contributed by atoms with E-state index >= 15 is 0 Å². The van der Waals surface area contributed by atoms with Gasteiger partial charge in [0, 0.05) is 41.9 Å². The summed E-state index contributed by atoms with van der Waals surface area (Å²) in [7, 11) is 0. The molecule has 2 aromatic heterocycles. The zero-order chi connectivity index (χ0) is 28.1. The Hall–Kier alpha value is -5.18. The SMILES string of the molecule is c1ccc(-c2ccc(-n3c4ccccc4c4cc5c(cc43)sc3c4c(ccc35)Cc3ccccc3-4)c3ccccc23)cc1. The van der Waals surface area contributed by atoms with Crippen LogP contribution in [0.25, 0.3) is 80.7 Å². The summed E-state index contributed by atoms with van der Waals surface area (Å²) in [6, 6.07) is 51.6. The first kappa shape index (κ1) is 23.4. The maximum Gasteiger partial charge on any atom is 0.0555 e. The van der Waals surface area contributed by atoms with Crippen LogP contribution >= 0.6 is 11.3 Å². The van der Waals surface area contributed by atoms with E-state index < -0.39 is 0 Å². The summed E-state index contributed by atoms with van der Waals surface area (Å²) >= 11 is 1.95. The molecule has 0 amide bonds. The van der Waals surface area contributed by atoms with Crippen molar-refractivity contribution >= 4 is 64.1 Å². The minimum Gasteiger partial charge on any atom is -0.309 e. The second-order valence-corrected chi connectivity index (χ2v) is 12.7. The van der Waals surface area contributed by atoms with Crippen LogP contribution < -0.4 is 0 Å². The zero-order valence-corrected chi connectivity index (χ0v) is 24.2. The molecule has 10 rings (SSSR count). The third kappa shape index (κ3) is 3.22. The summed E-state index contributed by atoms with van der Waals surface area (Å²) in [5.74, 6) is 0. The van der Waals surface area contributed by atoms with E-state index in [0.29, 0.717) is 0 Å². The van der Waals surface area contributed by atoms with Gasteiger partial charge < -0.3 is 4.57 Å². The molecule has 0 saturated carbocycles. The highest BCUT2D eigenvalue weighted by atomic mass is 32.1. The van der Waals surface area contributed by atoms with E-state index in [9.17, 15) is 0 Å². The van der Waals surface area contributed by atoms with Crippen LogP contribution in [0.2, 0.25) is 0 Å². The Morgan fingerprint density at radius 2 is 1.23 bits per heavy atom. The number of nitrogens with zero attached hydrogens (tertiary/aromatic N) is 1. The first-order valence-corrected chi connectivity index (χ1v) is 15.7. The lowest BCUT2D eigenvalue weighted by Crippen LogP contribution is -1.96. The van der Waals surface area contributed by atoms with Gasteiger partial charge in [0.1, 0.15) is 0 Å². The molecular formula is C41H25NS. The van der Waals surface area contributed by atoms with Crippen LogP contribution in [-0.4, -0.2) is 4.57 Å². The smallest absolute Gasteiger partial charge is 0.0555 e. The standard InChI is InChI=1S/C41H25NS/c1-2-10-25(11-3-1)28-20-21-37(31-15-7-6-14-30(28)31)42-36-17-9-8-16-32(36)34-23-35-33-19-18-27-22-26-12-4-5-13-29(26)40(27)41(33)43-39(35)24-38(34)42/h1-21,23-24H,22H2. The maximum atomic E-state index is 2.49. The third-order valence-electron chi connectivity index (χ3n) is 9.41. The van der Waals surface area contributed by atoms with Crippen LogP contribution in [0.15, 0.2) is 140 Å². The molecule has 0 fully saturated rings. The molecule has 0 radical (unpaired) electrons. The molecule has 0 unspecified atom stereocenters. The van der Waals surface area contributed by atoms with E-state index in [0.717, 1.165) is 6.42 Å². The summed E-state index contributed by atoms with van der Waals surface area (Å²) in [5.41, 5.74) is 12.0. The van der Waals surface area contributed by atoms with Gasteiger partial charge in [0.15, 0.2) is 0 Å². The molecule has 1 nitrogen and oxygen atoms in total. The first-order valence-electron chi connectivity index (χ1n) is 14.9. The number of fused-ring (bicyclic) bond motifs is 11. The molecule has 200 valence electrons. The van der Waals surface area contributed by atoms with Crippen molar-refractivity contribution in [3.05, 3.63) is 151 Å². The summed E-state index contributed by atoms with van der Waals surface area (Å²) in [4.78, 5) is 0. The molecule has 0 N–H and O–H groups in total. The summed E-state index contributed by atoms with van der Waals surface area (Å²) in [6.45, 7) is 0. The van der Waals surface area contributed by atoms with Crippen molar-refractivity contribution in [1.29, 1.82) is 0 Å². The first-order chi connectivity index (χ1) is 21.3. The lowest BCUT2D eigenvalue weighted by atomic mass is 9.97. The van der Waals surface area contributed by atoms with E-state index in [1.807, 2.05) is 11.3 Å². The average molecular weight is 564 g/mol. The Labute approximate surface area is 252 Å². The lowest BCUT2D eigenvalue weighted by Gasteiger charge is -2.15. The zero-order valence-electron chi connectivity index (χ0n) is 23.3. The molecule has 43 heavy (non-hydrogen) atoms. The largest absolute Gasteiger partial charge is 0.309 e. The van der Waals surface area contributed by atoms with Crippen LogP contribution in [0, 0.1) is 0 Å². The normalized spacial score (nSPS) is 12.6. The Bertz CT molecular complexity index is 2580. The molecule has 1 aliphatic carbocycles. The predicted molar refractivity (Wildman–Crippen MR) is 185 cm³/mol. The van der Waals surface area contributed by atoms with Gasteiger partial charge in [-0.25, -0.2) is 0 Å². The number of thiophene rings is 1. The minimum absolute atomic E-state index is 1.03. The van der Waals surface area contributed by atoms with Crippen LogP contribution in [0.5, 0.6) is 0 Å².